The van der Waals surface area contributed by atoms with Gasteiger partial charge >= 0.3 is 7.60 Å². The summed E-state index contributed by atoms with van der Waals surface area (Å²) >= 11 is 0. The zero-order valence-corrected chi connectivity index (χ0v) is 10.9. The first-order valence-corrected chi connectivity index (χ1v) is 6.86. The fourth-order valence-electron chi connectivity index (χ4n) is 1.36. The number of nitrogens with zero attached hydrogens (tertiary/aromatic N) is 1. The number of hydrogen-bond acceptors (Lipinski definition) is 6. The van der Waals surface area contributed by atoms with E-state index < -0.39 is 12.5 Å². The molecule has 0 bridgehead atoms. The first kappa shape index (κ1) is 14.6. The van der Waals surface area contributed by atoms with Gasteiger partial charge in [0.1, 0.15) is 11.1 Å². The lowest BCUT2D eigenvalue weighted by Crippen LogP contribution is -2.12. The summed E-state index contributed by atoms with van der Waals surface area (Å²) in [6.07, 6.45) is 0. The SMILES string of the molecule is CCOP(=O)(OCC)c1cc([N+](=O)[O-])ccc1O. The quantitative estimate of drug-likeness (QED) is 0.485. The van der Waals surface area contributed by atoms with Gasteiger partial charge in [0.15, 0.2) is 0 Å². The van der Waals surface area contributed by atoms with Gasteiger partial charge in [0, 0.05) is 12.1 Å². The van der Waals surface area contributed by atoms with Crippen molar-refractivity contribution < 1.29 is 23.6 Å². The van der Waals surface area contributed by atoms with Crippen LogP contribution in [0.5, 0.6) is 5.75 Å². The smallest absolute Gasteiger partial charge is 0.365 e. The Hall–Kier alpha value is -1.43. The summed E-state index contributed by atoms with van der Waals surface area (Å²) < 4.78 is 22.4. The van der Waals surface area contributed by atoms with E-state index >= 15 is 0 Å². The molecule has 7 nitrogen and oxygen atoms in total. The molecule has 0 aliphatic heterocycles. The Morgan fingerprint density at radius 2 is 1.89 bits per heavy atom. The lowest BCUT2D eigenvalue weighted by atomic mass is 10.3. The lowest BCUT2D eigenvalue weighted by molar-refractivity contribution is -0.384. The fourth-order valence-corrected chi connectivity index (χ4v) is 3.04. The van der Waals surface area contributed by atoms with Crippen LogP contribution in [0.25, 0.3) is 0 Å². The van der Waals surface area contributed by atoms with Gasteiger partial charge in [0.05, 0.1) is 18.1 Å². The van der Waals surface area contributed by atoms with Crippen LogP contribution in [0.4, 0.5) is 5.69 Å². The minimum absolute atomic E-state index is 0.0966. The van der Waals surface area contributed by atoms with Crippen LogP contribution in [0.2, 0.25) is 0 Å². The number of non-ortho nitro benzene ring substituents is 1. The molecule has 1 aromatic rings. The van der Waals surface area contributed by atoms with Crippen LogP contribution in [0, 0.1) is 10.1 Å². The maximum absolute atomic E-state index is 12.4. The van der Waals surface area contributed by atoms with Crippen LogP contribution in [-0.2, 0) is 13.6 Å². The van der Waals surface area contributed by atoms with Crippen molar-refractivity contribution in [3.63, 3.8) is 0 Å². The highest BCUT2D eigenvalue weighted by Gasteiger charge is 2.31. The van der Waals surface area contributed by atoms with Gasteiger partial charge in [-0.05, 0) is 19.9 Å². The number of phenolic OH excluding ortho intramolecular Hbond substituents is 1. The third kappa shape index (κ3) is 3.07. The van der Waals surface area contributed by atoms with Gasteiger partial charge in [0.2, 0.25) is 0 Å². The molecule has 0 heterocycles. The number of rotatable bonds is 6. The van der Waals surface area contributed by atoms with Crippen molar-refractivity contribution in [3.05, 3.63) is 28.3 Å². The first-order valence-electron chi connectivity index (χ1n) is 5.31. The van der Waals surface area contributed by atoms with Crippen LogP contribution in [0.1, 0.15) is 13.8 Å². The Morgan fingerprint density at radius 3 is 2.33 bits per heavy atom. The molecule has 0 aliphatic carbocycles. The van der Waals surface area contributed by atoms with Crippen molar-refractivity contribution in [2.24, 2.45) is 0 Å². The maximum Gasteiger partial charge on any atom is 0.365 e. The second kappa shape index (κ2) is 5.95. The topological polar surface area (TPSA) is 98.9 Å². The van der Waals surface area contributed by atoms with E-state index in [2.05, 4.69) is 0 Å². The molecule has 1 aromatic carbocycles. The molecular formula is C10H14NO6P. The van der Waals surface area contributed by atoms with Crippen LogP contribution in [-0.4, -0.2) is 23.2 Å². The largest absolute Gasteiger partial charge is 0.507 e. The molecule has 0 spiro atoms. The molecule has 0 amide bonds. The van der Waals surface area contributed by atoms with Crippen molar-refractivity contribution in [1.29, 1.82) is 0 Å². The van der Waals surface area contributed by atoms with Crippen molar-refractivity contribution in [2.45, 2.75) is 13.8 Å². The number of phenols is 1. The molecule has 0 saturated heterocycles. The molecule has 0 unspecified atom stereocenters. The lowest BCUT2D eigenvalue weighted by Gasteiger charge is -2.17. The third-order valence-electron chi connectivity index (χ3n) is 2.06. The fraction of sp³-hybridized carbons (Fsp3) is 0.400. The van der Waals surface area contributed by atoms with E-state index in [9.17, 15) is 19.8 Å². The molecule has 0 radical (unpaired) electrons. The number of nitro groups is 1. The van der Waals surface area contributed by atoms with Crippen molar-refractivity contribution in [1.82, 2.24) is 0 Å². The average Bonchev–Trinajstić information content (AvgIpc) is 2.29. The molecule has 0 aliphatic rings. The van der Waals surface area contributed by atoms with Crippen molar-refractivity contribution >= 4 is 18.6 Å². The number of aromatic hydroxyl groups is 1. The third-order valence-corrected chi connectivity index (χ3v) is 4.21. The first-order chi connectivity index (χ1) is 8.44. The van der Waals surface area contributed by atoms with E-state index in [0.717, 1.165) is 18.2 Å². The van der Waals surface area contributed by atoms with E-state index in [1.807, 2.05) is 0 Å². The summed E-state index contributed by atoms with van der Waals surface area (Å²) in [5.41, 5.74) is -0.289. The van der Waals surface area contributed by atoms with E-state index in [1.165, 1.54) is 0 Å². The summed E-state index contributed by atoms with van der Waals surface area (Å²) in [7, 11) is -3.73. The summed E-state index contributed by atoms with van der Waals surface area (Å²) in [6.45, 7) is 3.42. The van der Waals surface area contributed by atoms with E-state index in [4.69, 9.17) is 9.05 Å². The van der Waals surface area contributed by atoms with Gasteiger partial charge in [-0.25, -0.2) is 0 Å². The Balaban J connectivity index is 3.31. The van der Waals surface area contributed by atoms with E-state index in [-0.39, 0.29) is 30.0 Å². The Bertz CT molecular complexity index is 479. The van der Waals surface area contributed by atoms with E-state index in [1.54, 1.807) is 13.8 Å². The van der Waals surface area contributed by atoms with Gasteiger partial charge in [-0.1, -0.05) is 0 Å². The van der Waals surface area contributed by atoms with Crippen LogP contribution >= 0.6 is 7.60 Å². The second-order valence-corrected chi connectivity index (χ2v) is 5.26. The zero-order valence-electron chi connectivity index (χ0n) is 10.0. The van der Waals surface area contributed by atoms with Gasteiger partial charge in [-0.3, -0.25) is 14.7 Å². The molecule has 1 rings (SSSR count). The summed E-state index contributed by atoms with van der Waals surface area (Å²) in [5, 5.41) is 20.1. The van der Waals surface area contributed by atoms with Gasteiger partial charge < -0.3 is 14.2 Å². The molecule has 0 saturated carbocycles. The molecule has 0 atom stereocenters. The Morgan fingerprint density at radius 1 is 1.33 bits per heavy atom. The second-order valence-electron chi connectivity index (χ2n) is 3.26. The predicted molar refractivity (Wildman–Crippen MR) is 65.3 cm³/mol. The molecular weight excluding hydrogens is 261 g/mol. The Kier molecular flexibility index (Phi) is 4.84. The molecule has 0 aromatic heterocycles. The van der Waals surface area contributed by atoms with Gasteiger partial charge in [-0.2, -0.15) is 0 Å². The minimum atomic E-state index is -3.73. The van der Waals surface area contributed by atoms with Crippen LogP contribution < -0.4 is 5.30 Å². The van der Waals surface area contributed by atoms with Gasteiger partial charge in [-0.15, -0.1) is 0 Å². The van der Waals surface area contributed by atoms with Crippen LogP contribution in [0.15, 0.2) is 18.2 Å². The average molecular weight is 275 g/mol. The highest BCUT2D eigenvalue weighted by Crippen LogP contribution is 2.49. The van der Waals surface area contributed by atoms with Crippen LogP contribution in [0.3, 0.4) is 0 Å². The normalized spacial score (nSPS) is 11.4. The van der Waals surface area contributed by atoms with Gasteiger partial charge in [0.25, 0.3) is 5.69 Å². The monoisotopic (exact) mass is 275 g/mol. The molecule has 18 heavy (non-hydrogen) atoms. The number of nitro benzene ring substituents is 1. The van der Waals surface area contributed by atoms with Crippen molar-refractivity contribution in [3.8, 4) is 5.75 Å². The predicted octanol–water partition coefficient (Wildman–Crippen LogP) is 2.19. The summed E-state index contributed by atoms with van der Waals surface area (Å²) in [5.74, 6) is -0.356. The standard InChI is InChI=1S/C10H14NO6P/c1-3-16-18(15,17-4-2)10-7-8(11(13)14)5-6-9(10)12/h5-7,12H,3-4H2,1-2H3. The molecule has 8 heteroatoms. The molecule has 0 fully saturated rings. The maximum atomic E-state index is 12.4. The minimum Gasteiger partial charge on any atom is -0.507 e. The highest BCUT2D eigenvalue weighted by atomic mass is 31.2. The van der Waals surface area contributed by atoms with E-state index in [0.29, 0.717) is 0 Å². The zero-order chi connectivity index (χ0) is 13.8. The summed E-state index contributed by atoms with van der Waals surface area (Å²) in [6, 6.07) is 3.21. The molecule has 1 N–H and O–H groups in total. The highest BCUT2D eigenvalue weighted by molar-refractivity contribution is 7.62. The summed E-state index contributed by atoms with van der Waals surface area (Å²) in [4.78, 5) is 10.0. The van der Waals surface area contributed by atoms with Crippen molar-refractivity contribution in [2.75, 3.05) is 13.2 Å². The molecule has 100 valence electrons. The Labute approximate surface area is 104 Å². The number of hydrogen-bond donors (Lipinski definition) is 1. The number of benzene rings is 1.